The van der Waals surface area contributed by atoms with Crippen LogP contribution in [0.3, 0.4) is 0 Å². The summed E-state index contributed by atoms with van der Waals surface area (Å²) < 4.78 is 0. The van der Waals surface area contributed by atoms with Gasteiger partial charge in [-0.05, 0) is 34.5 Å². The van der Waals surface area contributed by atoms with E-state index in [2.05, 4.69) is 15.6 Å². The number of carbonyl (C=O) groups is 1. The van der Waals surface area contributed by atoms with Gasteiger partial charge in [-0.3, -0.25) is 4.98 Å². The Kier molecular flexibility index (Phi) is 4.49. The number of nitrogens with zero attached hydrogens (tertiary/aromatic N) is 1. The van der Waals surface area contributed by atoms with Crippen LogP contribution >= 0.6 is 0 Å². The molecule has 2 aromatic carbocycles. The number of nitrogens with one attached hydrogen (secondary N) is 2. The van der Waals surface area contributed by atoms with Gasteiger partial charge in [0.05, 0.1) is 6.10 Å². The predicted molar refractivity (Wildman–Crippen MR) is 90.2 cm³/mol. The molecule has 3 rings (SSSR count). The van der Waals surface area contributed by atoms with Crippen LogP contribution in [0.25, 0.3) is 10.8 Å². The second kappa shape index (κ2) is 6.89. The molecule has 3 N–H and O–H groups in total. The average molecular weight is 307 g/mol. The molecule has 0 aliphatic rings. The minimum Gasteiger partial charge on any atom is -0.387 e. The molecule has 116 valence electrons. The molecule has 0 bridgehead atoms. The fourth-order valence-electron chi connectivity index (χ4n) is 2.33. The maximum absolute atomic E-state index is 11.8. The molecule has 1 aromatic heterocycles. The first kappa shape index (κ1) is 15.0. The van der Waals surface area contributed by atoms with Gasteiger partial charge in [-0.25, -0.2) is 4.79 Å². The highest BCUT2D eigenvalue weighted by Gasteiger charge is 2.10. The number of urea groups is 1. The van der Waals surface area contributed by atoms with Crippen molar-refractivity contribution in [2.45, 2.75) is 6.10 Å². The number of hydrogen-bond acceptors (Lipinski definition) is 3. The predicted octanol–water partition coefficient (Wildman–Crippen LogP) is 3.09. The third-order valence-electron chi connectivity index (χ3n) is 3.55. The van der Waals surface area contributed by atoms with Crippen LogP contribution in [-0.4, -0.2) is 22.7 Å². The van der Waals surface area contributed by atoms with Crippen LogP contribution in [0.4, 0.5) is 10.5 Å². The van der Waals surface area contributed by atoms with E-state index >= 15 is 0 Å². The maximum Gasteiger partial charge on any atom is 0.319 e. The van der Waals surface area contributed by atoms with Crippen LogP contribution in [0, 0.1) is 0 Å². The number of aromatic nitrogens is 1. The van der Waals surface area contributed by atoms with Gasteiger partial charge in [0.25, 0.3) is 0 Å². The second-order valence-corrected chi connectivity index (χ2v) is 5.19. The van der Waals surface area contributed by atoms with Crippen molar-refractivity contribution in [3.63, 3.8) is 0 Å². The van der Waals surface area contributed by atoms with Gasteiger partial charge in [0.2, 0.25) is 0 Å². The number of carbonyl (C=O) groups excluding carboxylic acids is 1. The third kappa shape index (κ3) is 3.84. The van der Waals surface area contributed by atoms with Gasteiger partial charge in [-0.1, -0.05) is 36.4 Å². The highest BCUT2D eigenvalue weighted by Crippen LogP contribution is 2.20. The molecule has 0 saturated carbocycles. The third-order valence-corrected chi connectivity index (χ3v) is 3.55. The van der Waals surface area contributed by atoms with E-state index in [4.69, 9.17) is 0 Å². The van der Waals surface area contributed by atoms with Gasteiger partial charge >= 0.3 is 6.03 Å². The summed E-state index contributed by atoms with van der Waals surface area (Å²) >= 11 is 0. The van der Waals surface area contributed by atoms with Crippen LogP contribution in [-0.2, 0) is 0 Å². The summed E-state index contributed by atoms with van der Waals surface area (Å²) in [5, 5.41) is 17.8. The van der Waals surface area contributed by atoms with E-state index in [0.717, 1.165) is 16.3 Å². The minimum absolute atomic E-state index is 0.134. The van der Waals surface area contributed by atoms with Crippen molar-refractivity contribution in [1.29, 1.82) is 0 Å². The number of fused-ring (bicyclic) bond motifs is 1. The SMILES string of the molecule is O=C(NC[C@@H](O)c1ccc2ccccc2c1)Nc1ccncc1. The summed E-state index contributed by atoms with van der Waals surface area (Å²) in [6, 6.07) is 16.7. The van der Waals surface area contributed by atoms with Crippen LogP contribution in [0.15, 0.2) is 67.0 Å². The largest absolute Gasteiger partial charge is 0.387 e. The first-order valence-corrected chi connectivity index (χ1v) is 7.34. The minimum atomic E-state index is -0.761. The van der Waals surface area contributed by atoms with Gasteiger partial charge in [0, 0.05) is 24.6 Å². The van der Waals surface area contributed by atoms with Gasteiger partial charge in [-0.15, -0.1) is 0 Å². The summed E-state index contributed by atoms with van der Waals surface area (Å²) in [5.41, 5.74) is 1.42. The molecule has 0 aliphatic carbocycles. The van der Waals surface area contributed by atoms with E-state index in [1.807, 2.05) is 42.5 Å². The highest BCUT2D eigenvalue weighted by molar-refractivity contribution is 5.89. The monoisotopic (exact) mass is 307 g/mol. The molecule has 0 unspecified atom stereocenters. The summed E-state index contributed by atoms with van der Waals surface area (Å²) in [6.45, 7) is 0.134. The number of benzene rings is 2. The van der Waals surface area contributed by atoms with Gasteiger partial charge in [-0.2, -0.15) is 0 Å². The lowest BCUT2D eigenvalue weighted by Crippen LogP contribution is -2.32. The Bertz CT molecular complexity index is 805. The number of hydrogen-bond donors (Lipinski definition) is 3. The summed E-state index contributed by atoms with van der Waals surface area (Å²) in [5.74, 6) is 0. The van der Waals surface area contributed by atoms with Crippen molar-refractivity contribution in [2.24, 2.45) is 0 Å². The smallest absolute Gasteiger partial charge is 0.319 e. The second-order valence-electron chi connectivity index (χ2n) is 5.19. The number of rotatable bonds is 4. The lowest BCUT2D eigenvalue weighted by molar-refractivity contribution is 0.175. The highest BCUT2D eigenvalue weighted by atomic mass is 16.3. The Balaban J connectivity index is 1.59. The van der Waals surface area contributed by atoms with Crippen molar-refractivity contribution in [3.8, 4) is 0 Å². The van der Waals surface area contributed by atoms with Crippen LogP contribution in [0.1, 0.15) is 11.7 Å². The standard InChI is InChI=1S/C18H17N3O2/c22-17(12-20-18(23)21-16-7-9-19-10-8-16)15-6-5-13-3-1-2-4-14(13)11-15/h1-11,17,22H,12H2,(H2,19,20,21,23)/t17-/m1/s1. The van der Waals surface area contributed by atoms with Crippen molar-refractivity contribution in [1.82, 2.24) is 10.3 Å². The first-order valence-electron chi connectivity index (χ1n) is 7.34. The van der Waals surface area contributed by atoms with Crippen LogP contribution < -0.4 is 10.6 Å². The molecule has 0 radical (unpaired) electrons. The molecule has 1 atom stereocenters. The normalized spacial score (nSPS) is 11.9. The topological polar surface area (TPSA) is 74.2 Å². The van der Waals surface area contributed by atoms with E-state index < -0.39 is 6.10 Å². The Hall–Kier alpha value is -2.92. The zero-order valence-corrected chi connectivity index (χ0v) is 12.4. The maximum atomic E-state index is 11.8. The molecule has 0 fully saturated rings. The number of aliphatic hydroxyl groups is 1. The van der Waals surface area contributed by atoms with E-state index in [0.29, 0.717) is 5.69 Å². The lowest BCUT2D eigenvalue weighted by Gasteiger charge is -2.13. The molecule has 2 amide bonds. The molecule has 5 heteroatoms. The van der Waals surface area contributed by atoms with Gasteiger partial charge < -0.3 is 15.7 Å². The van der Waals surface area contributed by atoms with Crippen molar-refractivity contribution in [2.75, 3.05) is 11.9 Å². The van der Waals surface area contributed by atoms with E-state index in [1.165, 1.54) is 0 Å². The number of amides is 2. The number of pyridine rings is 1. The summed E-state index contributed by atoms with van der Waals surface area (Å²) in [6.07, 6.45) is 2.43. The lowest BCUT2D eigenvalue weighted by atomic mass is 10.0. The average Bonchev–Trinajstić information content (AvgIpc) is 2.60. The van der Waals surface area contributed by atoms with Gasteiger partial charge in [0.1, 0.15) is 0 Å². The van der Waals surface area contributed by atoms with Crippen LogP contribution in [0.2, 0.25) is 0 Å². The van der Waals surface area contributed by atoms with Gasteiger partial charge in [0.15, 0.2) is 0 Å². The zero-order valence-electron chi connectivity index (χ0n) is 12.4. The molecular formula is C18H17N3O2. The Morgan fingerprint density at radius 1 is 1.04 bits per heavy atom. The molecule has 0 saturated heterocycles. The first-order chi connectivity index (χ1) is 11.2. The summed E-state index contributed by atoms with van der Waals surface area (Å²) in [4.78, 5) is 15.7. The number of aliphatic hydroxyl groups excluding tert-OH is 1. The Morgan fingerprint density at radius 2 is 1.78 bits per heavy atom. The van der Waals surface area contributed by atoms with Crippen molar-refractivity contribution < 1.29 is 9.90 Å². The van der Waals surface area contributed by atoms with Crippen molar-refractivity contribution in [3.05, 3.63) is 72.6 Å². The Labute approximate surface area is 134 Å². The van der Waals surface area contributed by atoms with E-state index in [-0.39, 0.29) is 12.6 Å². The molecule has 3 aromatic rings. The fourth-order valence-corrected chi connectivity index (χ4v) is 2.33. The van der Waals surface area contributed by atoms with E-state index in [1.54, 1.807) is 24.5 Å². The molecule has 5 nitrogen and oxygen atoms in total. The molecule has 23 heavy (non-hydrogen) atoms. The van der Waals surface area contributed by atoms with Crippen molar-refractivity contribution >= 4 is 22.5 Å². The van der Waals surface area contributed by atoms with E-state index in [9.17, 15) is 9.90 Å². The molecule has 0 spiro atoms. The summed E-state index contributed by atoms with van der Waals surface area (Å²) in [7, 11) is 0. The molecular weight excluding hydrogens is 290 g/mol. The van der Waals surface area contributed by atoms with Crippen LogP contribution in [0.5, 0.6) is 0 Å². The molecule has 1 heterocycles. The Morgan fingerprint density at radius 3 is 2.57 bits per heavy atom. The quantitative estimate of drug-likeness (QED) is 0.693. The molecule has 0 aliphatic heterocycles. The zero-order chi connectivity index (χ0) is 16.1. The fraction of sp³-hybridized carbons (Fsp3) is 0.111. The number of anilines is 1.